The van der Waals surface area contributed by atoms with E-state index in [1.165, 1.54) is 14.2 Å². The molecule has 0 spiro atoms. The van der Waals surface area contributed by atoms with Gasteiger partial charge < -0.3 is 9.47 Å². The summed E-state index contributed by atoms with van der Waals surface area (Å²) in [4.78, 5) is 11.2. The van der Waals surface area contributed by atoms with Crippen LogP contribution in [-0.4, -0.2) is 29.5 Å². The molecule has 0 saturated carbocycles. The molecular weight excluding hydrogens is 278 g/mol. The van der Waals surface area contributed by atoms with Crippen molar-refractivity contribution in [1.82, 2.24) is 9.78 Å². The highest BCUT2D eigenvalue weighted by molar-refractivity contribution is 9.10. The summed E-state index contributed by atoms with van der Waals surface area (Å²) in [6, 6.07) is 0. The highest BCUT2D eigenvalue weighted by Crippen LogP contribution is 2.29. The van der Waals surface area contributed by atoms with E-state index < -0.39 is 12.6 Å². The Kier molecular flexibility index (Phi) is 3.61. The maximum absolute atomic E-state index is 11.9. The van der Waals surface area contributed by atoms with Gasteiger partial charge in [0, 0.05) is 7.05 Å². The predicted molar refractivity (Wildman–Crippen MR) is 48.9 cm³/mol. The predicted octanol–water partition coefficient (Wildman–Crippen LogP) is 1.57. The molecule has 0 fully saturated rings. The zero-order chi connectivity index (χ0) is 11.6. The molecule has 0 aliphatic heterocycles. The summed E-state index contributed by atoms with van der Waals surface area (Å²) in [6.07, 6.45) is 0. The lowest BCUT2D eigenvalue weighted by Crippen LogP contribution is -2.08. The molecule has 84 valence electrons. The van der Waals surface area contributed by atoms with E-state index in [1.807, 2.05) is 0 Å². The van der Waals surface area contributed by atoms with Gasteiger partial charge in [-0.25, -0.2) is 4.79 Å². The number of halogens is 3. The molecule has 0 saturated heterocycles. The Hall–Kier alpha value is -1.18. The van der Waals surface area contributed by atoms with Crippen LogP contribution >= 0.6 is 15.9 Å². The van der Waals surface area contributed by atoms with Crippen molar-refractivity contribution >= 4 is 21.9 Å². The summed E-state index contributed by atoms with van der Waals surface area (Å²) in [5, 5.41) is 3.59. The summed E-state index contributed by atoms with van der Waals surface area (Å²) >= 11 is 2.93. The van der Waals surface area contributed by atoms with Gasteiger partial charge in [-0.2, -0.15) is 8.78 Å². The number of hydrogen-bond acceptors (Lipinski definition) is 4. The summed E-state index contributed by atoms with van der Waals surface area (Å²) in [5.74, 6) is -1.05. The number of carbonyl (C=O) groups is 1. The van der Waals surface area contributed by atoms with Crippen molar-refractivity contribution < 1.29 is 23.0 Å². The molecule has 0 radical (unpaired) electrons. The normalized spacial score (nSPS) is 10.5. The van der Waals surface area contributed by atoms with E-state index in [0.717, 1.165) is 4.68 Å². The van der Waals surface area contributed by atoms with Gasteiger partial charge in [0.05, 0.1) is 7.11 Å². The SMILES string of the molecule is COC(=O)c1c(Br)c(OC(F)F)nn1C. The molecule has 0 N–H and O–H groups in total. The quantitative estimate of drug-likeness (QED) is 0.791. The summed E-state index contributed by atoms with van der Waals surface area (Å²) in [7, 11) is 2.59. The molecule has 0 unspecified atom stereocenters. The second-order valence-electron chi connectivity index (χ2n) is 2.46. The zero-order valence-electron chi connectivity index (χ0n) is 7.83. The third-order valence-electron chi connectivity index (χ3n) is 1.54. The molecule has 1 aromatic rings. The van der Waals surface area contributed by atoms with Gasteiger partial charge in [0.1, 0.15) is 4.47 Å². The van der Waals surface area contributed by atoms with Gasteiger partial charge in [0.2, 0.25) is 0 Å². The van der Waals surface area contributed by atoms with Gasteiger partial charge in [-0.1, -0.05) is 0 Å². The highest BCUT2D eigenvalue weighted by Gasteiger charge is 2.23. The number of nitrogens with zero attached hydrogens (tertiary/aromatic N) is 2. The van der Waals surface area contributed by atoms with Crippen LogP contribution in [0.25, 0.3) is 0 Å². The lowest BCUT2D eigenvalue weighted by molar-refractivity contribution is -0.0536. The number of hydrogen-bond donors (Lipinski definition) is 0. The van der Waals surface area contributed by atoms with Crippen LogP contribution in [0.2, 0.25) is 0 Å². The van der Waals surface area contributed by atoms with Crippen molar-refractivity contribution in [2.75, 3.05) is 7.11 Å². The van der Waals surface area contributed by atoms with Gasteiger partial charge in [-0.3, -0.25) is 4.68 Å². The molecule has 0 atom stereocenters. The second kappa shape index (κ2) is 4.56. The van der Waals surface area contributed by atoms with Crippen LogP contribution in [0.1, 0.15) is 10.5 Å². The Morgan fingerprint density at radius 1 is 1.60 bits per heavy atom. The summed E-state index contributed by atoms with van der Waals surface area (Å²) < 4.78 is 33.5. The van der Waals surface area contributed by atoms with Gasteiger partial charge in [-0.05, 0) is 15.9 Å². The number of carbonyl (C=O) groups excluding carboxylic acids is 1. The van der Waals surface area contributed by atoms with Gasteiger partial charge in [-0.15, -0.1) is 5.10 Å². The van der Waals surface area contributed by atoms with E-state index in [9.17, 15) is 13.6 Å². The Labute approximate surface area is 92.1 Å². The Morgan fingerprint density at radius 3 is 2.67 bits per heavy atom. The molecule has 1 aromatic heterocycles. The van der Waals surface area contributed by atoms with E-state index in [4.69, 9.17) is 0 Å². The topological polar surface area (TPSA) is 53.4 Å². The summed E-state index contributed by atoms with van der Waals surface area (Å²) in [6.45, 7) is -3.00. The van der Waals surface area contributed by atoms with Crippen LogP contribution in [0.5, 0.6) is 5.88 Å². The first-order valence-corrected chi connectivity index (χ1v) is 4.52. The average Bonchev–Trinajstić information content (AvgIpc) is 2.40. The highest BCUT2D eigenvalue weighted by atomic mass is 79.9. The standard InChI is InChI=1S/C7H7BrF2N2O3/c1-12-4(6(13)14-2)3(8)5(11-12)15-7(9)10/h7H,1-2H3. The molecular formula is C7H7BrF2N2O3. The third-order valence-corrected chi connectivity index (χ3v) is 2.25. The number of esters is 1. The molecule has 8 heteroatoms. The van der Waals surface area contributed by atoms with Gasteiger partial charge in [0.25, 0.3) is 5.88 Å². The Balaban J connectivity index is 3.09. The largest absolute Gasteiger partial charge is 0.464 e. The van der Waals surface area contributed by atoms with Crippen molar-refractivity contribution in [2.45, 2.75) is 6.61 Å². The van der Waals surface area contributed by atoms with Crippen molar-refractivity contribution in [3.63, 3.8) is 0 Å². The zero-order valence-corrected chi connectivity index (χ0v) is 9.42. The lowest BCUT2D eigenvalue weighted by atomic mass is 10.4. The van der Waals surface area contributed by atoms with E-state index in [1.54, 1.807) is 0 Å². The molecule has 0 aliphatic carbocycles. The number of methoxy groups -OCH3 is 1. The Morgan fingerprint density at radius 2 is 2.20 bits per heavy atom. The second-order valence-corrected chi connectivity index (χ2v) is 3.25. The molecule has 1 heterocycles. The minimum absolute atomic E-state index is 0.00755. The molecule has 5 nitrogen and oxygen atoms in total. The van der Waals surface area contributed by atoms with E-state index in [2.05, 4.69) is 30.5 Å². The number of rotatable bonds is 3. The third kappa shape index (κ3) is 2.44. The average molecular weight is 285 g/mol. The minimum Gasteiger partial charge on any atom is -0.464 e. The van der Waals surface area contributed by atoms with Crippen molar-refractivity contribution in [3.8, 4) is 5.88 Å². The van der Waals surface area contributed by atoms with Crippen LogP contribution in [0.3, 0.4) is 0 Å². The van der Waals surface area contributed by atoms with Crippen LogP contribution in [-0.2, 0) is 11.8 Å². The molecule has 0 aliphatic rings. The smallest absolute Gasteiger partial charge is 0.388 e. The fourth-order valence-electron chi connectivity index (χ4n) is 0.952. The van der Waals surface area contributed by atoms with Crippen LogP contribution in [0.15, 0.2) is 4.47 Å². The number of ether oxygens (including phenoxy) is 2. The number of aromatic nitrogens is 2. The first-order chi connectivity index (χ1) is 6.97. The van der Waals surface area contributed by atoms with Gasteiger partial charge in [0.15, 0.2) is 5.69 Å². The first kappa shape index (κ1) is 11.9. The number of alkyl halides is 2. The van der Waals surface area contributed by atoms with Crippen LogP contribution in [0, 0.1) is 0 Å². The van der Waals surface area contributed by atoms with E-state index in [0.29, 0.717) is 0 Å². The van der Waals surface area contributed by atoms with E-state index in [-0.39, 0.29) is 16.0 Å². The molecule has 0 aromatic carbocycles. The van der Waals surface area contributed by atoms with Gasteiger partial charge >= 0.3 is 12.6 Å². The fraction of sp³-hybridized carbons (Fsp3) is 0.429. The Bertz CT molecular complexity index is 381. The lowest BCUT2D eigenvalue weighted by Gasteiger charge is -1.99. The first-order valence-electron chi connectivity index (χ1n) is 3.73. The maximum Gasteiger partial charge on any atom is 0.388 e. The van der Waals surface area contributed by atoms with E-state index >= 15 is 0 Å². The van der Waals surface area contributed by atoms with Crippen molar-refractivity contribution in [3.05, 3.63) is 10.2 Å². The van der Waals surface area contributed by atoms with Crippen LogP contribution in [0.4, 0.5) is 8.78 Å². The van der Waals surface area contributed by atoms with Crippen molar-refractivity contribution in [2.24, 2.45) is 7.05 Å². The molecule has 0 bridgehead atoms. The summed E-state index contributed by atoms with van der Waals surface area (Å²) in [5.41, 5.74) is 0.00755. The van der Waals surface area contributed by atoms with Crippen molar-refractivity contribution in [1.29, 1.82) is 0 Å². The maximum atomic E-state index is 11.9. The molecule has 0 amide bonds. The minimum atomic E-state index is -3.00. The monoisotopic (exact) mass is 284 g/mol. The molecule has 15 heavy (non-hydrogen) atoms. The number of aryl methyl sites for hydroxylation is 1. The van der Waals surface area contributed by atoms with Crippen LogP contribution < -0.4 is 4.74 Å². The molecule has 1 rings (SSSR count). The fourth-order valence-corrected chi connectivity index (χ4v) is 1.54.